The predicted molar refractivity (Wildman–Crippen MR) is 124 cm³/mol. The van der Waals surface area contributed by atoms with Crippen LogP contribution in [0.25, 0.3) is 0 Å². The number of ether oxygens (including phenoxy) is 2. The van der Waals surface area contributed by atoms with Gasteiger partial charge in [0.1, 0.15) is 5.84 Å². The van der Waals surface area contributed by atoms with Crippen LogP contribution in [0.3, 0.4) is 0 Å². The molecule has 4 rings (SSSR count). The number of likely N-dealkylation sites (N-methyl/N-ethyl adjacent to an activating group) is 1. The van der Waals surface area contributed by atoms with Crippen molar-refractivity contribution in [3.63, 3.8) is 0 Å². The number of benzene rings is 1. The molecule has 1 unspecified atom stereocenters. The van der Waals surface area contributed by atoms with Crippen molar-refractivity contribution < 1.29 is 23.9 Å². The van der Waals surface area contributed by atoms with Gasteiger partial charge in [-0.2, -0.15) is 0 Å². The van der Waals surface area contributed by atoms with Gasteiger partial charge in [0.25, 0.3) is 0 Å². The van der Waals surface area contributed by atoms with E-state index >= 15 is 0 Å². The Bertz CT molecular complexity index is 1110. The third kappa shape index (κ3) is 3.18. The lowest BCUT2D eigenvalue weighted by Gasteiger charge is -2.39. The molecule has 8 heteroatoms. The van der Waals surface area contributed by atoms with Crippen molar-refractivity contribution in [3.05, 3.63) is 40.6 Å². The van der Waals surface area contributed by atoms with Gasteiger partial charge in [0.15, 0.2) is 5.70 Å². The van der Waals surface area contributed by atoms with E-state index in [4.69, 9.17) is 14.5 Å². The Balaban J connectivity index is 2.05. The van der Waals surface area contributed by atoms with Gasteiger partial charge in [-0.15, -0.1) is 0 Å². The normalized spacial score (nSPS) is 25.5. The Morgan fingerprint density at radius 3 is 2.45 bits per heavy atom. The van der Waals surface area contributed by atoms with Crippen LogP contribution in [0.15, 0.2) is 34.5 Å². The first-order valence-corrected chi connectivity index (χ1v) is 11.2. The lowest BCUT2D eigenvalue weighted by atomic mass is 9.69. The molecule has 8 nitrogen and oxygen atoms in total. The number of hydrogen-bond donors (Lipinski definition) is 0. The fraction of sp³-hybridized carbons (Fsp3) is 0.520. The zero-order valence-electron chi connectivity index (χ0n) is 20.3. The average Bonchev–Trinajstić information content (AvgIpc) is 3.19. The van der Waals surface area contributed by atoms with Crippen LogP contribution in [-0.2, 0) is 29.3 Å². The SMILES string of the molecule is COC(=O)C1=C(C(=O)OC)C2N(C)c3ccc(C)cc3[C@@]23C[C@@H](C)N(C(=O)CC(C)C)C3=N1. The van der Waals surface area contributed by atoms with E-state index in [1.54, 1.807) is 4.90 Å². The molecule has 176 valence electrons. The first-order chi connectivity index (χ1) is 15.6. The number of carbonyl (C=O) groups excluding carboxylic acids is 3. The fourth-order valence-corrected chi connectivity index (χ4v) is 5.74. The van der Waals surface area contributed by atoms with Gasteiger partial charge in [-0.25, -0.2) is 14.6 Å². The van der Waals surface area contributed by atoms with Crippen molar-refractivity contribution in [2.45, 2.75) is 58.0 Å². The van der Waals surface area contributed by atoms with Gasteiger partial charge >= 0.3 is 11.9 Å². The minimum absolute atomic E-state index is 0.0404. The van der Waals surface area contributed by atoms with Crippen molar-refractivity contribution in [2.75, 3.05) is 26.2 Å². The minimum atomic E-state index is -0.761. The molecule has 0 saturated carbocycles. The van der Waals surface area contributed by atoms with Gasteiger partial charge < -0.3 is 14.4 Å². The molecule has 3 heterocycles. The zero-order valence-corrected chi connectivity index (χ0v) is 20.3. The molecule has 1 amide bonds. The fourth-order valence-electron chi connectivity index (χ4n) is 5.74. The van der Waals surface area contributed by atoms with E-state index in [1.807, 2.05) is 51.8 Å². The first-order valence-electron chi connectivity index (χ1n) is 11.2. The van der Waals surface area contributed by atoms with E-state index in [2.05, 4.69) is 6.07 Å². The number of aliphatic imine (C=N–C) groups is 1. The summed E-state index contributed by atoms with van der Waals surface area (Å²) in [6, 6.07) is 5.42. The monoisotopic (exact) mass is 453 g/mol. The number of amidine groups is 1. The topological polar surface area (TPSA) is 88.5 Å². The maximum absolute atomic E-state index is 13.4. The van der Waals surface area contributed by atoms with E-state index < -0.39 is 23.4 Å². The summed E-state index contributed by atoms with van der Waals surface area (Å²) >= 11 is 0. The van der Waals surface area contributed by atoms with E-state index in [-0.39, 0.29) is 29.1 Å². The summed E-state index contributed by atoms with van der Waals surface area (Å²) in [4.78, 5) is 47.7. The summed E-state index contributed by atoms with van der Waals surface area (Å²) < 4.78 is 10.1. The second kappa shape index (κ2) is 8.01. The molecule has 1 spiro atoms. The Labute approximate surface area is 194 Å². The summed E-state index contributed by atoms with van der Waals surface area (Å²) in [6.45, 7) is 8.00. The number of anilines is 1. The van der Waals surface area contributed by atoms with E-state index in [9.17, 15) is 14.4 Å². The van der Waals surface area contributed by atoms with E-state index in [0.29, 0.717) is 18.7 Å². The number of nitrogens with zero attached hydrogens (tertiary/aromatic N) is 3. The van der Waals surface area contributed by atoms with Gasteiger partial charge in [0.2, 0.25) is 5.91 Å². The van der Waals surface area contributed by atoms with Crippen LogP contribution in [0.2, 0.25) is 0 Å². The lowest BCUT2D eigenvalue weighted by molar-refractivity contribution is -0.139. The highest BCUT2D eigenvalue weighted by Crippen LogP contribution is 2.57. The Hall–Kier alpha value is -3.16. The summed E-state index contributed by atoms with van der Waals surface area (Å²) in [5.74, 6) is -0.717. The second-order valence-corrected chi connectivity index (χ2v) is 9.60. The molecule has 1 aromatic carbocycles. The number of hydrogen-bond acceptors (Lipinski definition) is 7. The van der Waals surface area contributed by atoms with Gasteiger partial charge in [0.05, 0.1) is 31.2 Å². The molecule has 3 atom stereocenters. The second-order valence-electron chi connectivity index (χ2n) is 9.60. The van der Waals surface area contributed by atoms with Gasteiger partial charge in [-0.3, -0.25) is 9.69 Å². The smallest absolute Gasteiger partial charge is 0.357 e. The van der Waals surface area contributed by atoms with Crippen LogP contribution in [-0.4, -0.2) is 61.9 Å². The largest absolute Gasteiger partial charge is 0.466 e. The van der Waals surface area contributed by atoms with Crippen molar-refractivity contribution in [3.8, 4) is 0 Å². The Kier molecular flexibility index (Phi) is 5.58. The van der Waals surface area contributed by atoms with Crippen LogP contribution >= 0.6 is 0 Å². The lowest BCUT2D eigenvalue weighted by Crippen LogP contribution is -2.55. The number of fused-ring (bicyclic) bond motifs is 1. The van der Waals surface area contributed by atoms with Crippen LogP contribution in [0.4, 0.5) is 5.69 Å². The molecule has 3 aliphatic heterocycles. The van der Waals surface area contributed by atoms with E-state index in [1.165, 1.54) is 14.2 Å². The van der Waals surface area contributed by atoms with Gasteiger partial charge in [0, 0.05) is 25.2 Å². The van der Waals surface area contributed by atoms with Crippen LogP contribution < -0.4 is 4.90 Å². The Morgan fingerprint density at radius 1 is 1.18 bits per heavy atom. The zero-order chi connectivity index (χ0) is 24.2. The number of aryl methyl sites for hydroxylation is 1. The molecule has 0 radical (unpaired) electrons. The number of rotatable bonds is 4. The van der Waals surface area contributed by atoms with E-state index in [0.717, 1.165) is 16.8 Å². The third-order valence-electron chi connectivity index (χ3n) is 6.93. The number of likely N-dealkylation sites (tertiary alicyclic amines) is 1. The maximum Gasteiger partial charge on any atom is 0.357 e. The minimum Gasteiger partial charge on any atom is -0.466 e. The highest BCUT2D eigenvalue weighted by molar-refractivity contribution is 6.15. The number of esters is 2. The highest BCUT2D eigenvalue weighted by atomic mass is 16.5. The van der Waals surface area contributed by atoms with Gasteiger partial charge in [-0.1, -0.05) is 31.5 Å². The molecule has 1 fully saturated rings. The van der Waals surface area contributed by atoms with Crippen molar-refractivity contribution in [1.82, 2.24) is 4.90 Å². The molecule has 33 heavy (non-hydrogen) atoms. The summed E-state index contributed by atoms with van der Waals surface area (Å²) in [5.41, 5.74) is 2.31. The molecule has 1 aromatic rings. The summed E-state index contributed by atoms with van der Waals surface area (Å²) in [5, 5.41) is 0. The highest BCUT2D eigenvalue weighted by Gasteiger charge is 2.65. The summed E-state index contributed by atoms with van der Waals surface area (Å²) in [6.07, 6.45) is 0.942. The third-order valence-corrected chi connectivity index (χ3v) is 6.93. The molecule has 0 N–H and O–H groups in total. The summed E-state index contributed by atoms with van der Waals surface area (Å²) in [7, 11) is 4.44. The first kappa shape index (κ1) is 23.0. The van der Waals surface area contributed by atoms with Crippen molar-refractivity contribution in [1.29, 1.82) is 0 Å². The molecule has 1 saturated heterocycles. The maximum atomic E-state index is 13.4. The standard InChI is InChI=1S/C25H31N3O5/c1-13(2)10-18(29)28-15(4)12-25-16-11-14(3)8-9-17(16)27(5)21(25)19(22(30)32-6)20(23(31)33-7)26-24(25)28/h8-9,11,13,15,21H,10,12H2,1-7H3/t15-,21?,25+/m1/s1. The van der Waals surface area contributed by atoms with Gasteiger partial charge in [-0.05, 0) is 37.8 Å². The predicted octanol–water partition coefficient (Wildman–Crippen LogP) is 2.73. The van der Waals surface area contributed by atoms with Crippen molar-refractivity contribution >= 4 is 29.4 Å². The quantitative estimate of drug-likeness (QED) is 0.652. The number of methoxy groups -OCH3 is 2. The molecule has 3 aliphatic rings. The number of carbonyl (C=O) groups is 3. The van der Waals surface area contributed by atoms with Crippen molar-refractivity contribution in [2.24, 2.45) is 10.9 Å². The Morgan fingerprint density at radius 2 is 1.85 bits per heavy atom. The van der Waals surface area contributed by atoms with Crippen LogP contribution in [0.1, 0.15) is 44.7 Å². The molecule has 0 aliphatic carbocycles. The van der Waals surface area contributed by atoms with Crippen LogP contribution in [0, 0.1) is 12.8 Å². The number of amides is 1. The molecular weight excluding hydrogens is 422 g/mol. The molecule has 0 aromatic heterocycles. The molecule has 0 bridgehead atoms. The van der Waals surface area contributed by atoms with Crippen LogP contribution in [0.5, 0.6) is 0 Å². The average molecular weight is 454 g/mol. The molecular formula is C25H31N3O5.